The zero-order chi connectivity index (χ0) is 27.7. The van der Waals surface area contributed by atoms with Crippen LogP contribution < -0.4 is 11.5 Å². The van der Waals surface area contributed by atoms with Gasteiger partial charge in [-0.25, -0.2) is 4.79 Å². The van der Waals surface area contributed by atoms with Crippen molar-refractivity contribution in [3.05, 3.63) is 112 Å². The van der Waals surface area contributed by atoms with Crippen molar-refractivity contribution in [3.63, 3.8) is 0 Å². The Labute approximate surface area is 219 Å². The molecule has 0 saturated heterocycles. The molecule has 0 unspecified atom stereocenters. The van der Waals surface area contributed by atoms with Crippen molar-refractivity contribution in [2.45, 2.75) is 6.92 Å². The lowest BCUT2D eigenvalue weighted by Gasteiger charge is -2.06. The highest BCUT2D eigenvalue weighted by molar-refractivity contribution is 5.90. The zero-order valence-corrected chi connectivity index (χ0v) is 20.4. The first kappa shape index (κ1) is 26.9. The Kier molecular flexibility index (Phi) is 8.74. The Morgan fingerprint density at radius 3 is 1.82 bits per heavy atom. The lowest BCUT2D eigenvalue weighted by molar-refractivity contribution is -0.384. The number of ether oxygens (including phenoxy) is 1. The number of non-ortho nitro benzene ring substituents is 1. The number of nitriles is 2. The summed E-state index contributed by atoms with van der Waals surface area (Å²) in [5.41, 5.74) is 16.7. The van der Waals surface area contributed by atoms with Crippen LogP contribution in [-0.2, 0) is 4.74 Å². The predicted octanol–water partition coefficient (Wildman–Crippen LogP) is 5.70. The van der Waals surface area contributed by atoms with Crippen molar-refractivity contribution in [2.75, 3.05) is 18.1 Å². The molecular weight excluding hydrogens is 482 g/mol. The van der Waals surface area contributed by atoms with E-state index in [4.69, 9.17) is 26.7 Å². The number of nitrogens with zero attached hydrogens (tertiary/aromatic N) is 3. The van der Waals surface area contributed by atoms with Gasteiger partial charge in [0, 0.05) is 23.5 Å². The van der Waals surface area contributed by atoms with Gasteiger partial charge in [0.25, 0.3) is 5.69 Å². The van der Waals surface area contributed by atoms with Crippen molar-refractivity contribution in [1.29, 1.82) is 10.5 Å². The lowest BCUT2D eigenvalue weighted by atomic mass is 10.0. The number of nitrogen functional groups attached to an aromatic ring is 2. The van der Waals surface area contributed by atoms with Gasteiger partial charge in [-0.2, -0.15) is 10.5 Å². The summed E-state index contributed by atoms with van der Waals surface area (Å²) in [5, 5.41) is 28.6. The normalized spacial score (nSPS) is 9.76. The SMILES string of the molecule is CCOC(=O)c1ccc(-c2ccc(N)c(C#N)c2)cc1.N#Cc1cc(-c2cccc([N+](=O)[O-])c2)ccc1N. The molecule has 0 radical (unpaired) electrons. The molecule has 0 amide bonds. The van der Waals surface area contributed by atoms with Gasteiger partial charge in [0.2, 0.25) is 0 Å². The van der Waals surface area contributed by atoms with Crippen LogP contribution in [0.5, 0.6) is 0 Å². The van der Waals surface area contributed by atoms with E-state index in [2.05, 4.69) is 6.07 Å². The average Bonchev–Trinajstić information content (AvgIpc) is 2.94. The quantitative estimate of drug-likeness (QED) is 0.151. The minimum Gasteiger partial charge on any atom is -0.462 e. The highest BCUT2D eigenvalue weighted by atomic mass is 16.6. The van der Waals surface area contributed by atoms with Crippen LogP contribution in [0.1, 0.15) is 28.4 Å². The standard InChI is InChI=1S/C16H14N2O2.C13H9N3O2/c1-2-20-16(19)12-5-3-11(4-6-12)13-7-8-15(18)14(9-13)10-17;14-8-11-6-10(4-5-13(11)15)9-2-1-3-12(7-9)16(17)18/h3-9H,2,18H2,1H3;1-7H,15H2. The fraction of sp³-hybridized carbons (Fsp3) is 0.0690. The third-order valence-corrected chi connectivity index (χ3v) is 5.47. The molecule has 0 spiro atoms. The number of nitrogens with two attached hydrogens (primary N) is 2. The maximum atomic E-state index is 11.6. The lowest BCUT2D eigenvalue weighted by Crippen LogP contribution is -2.04. The van der Waals surface area contributed by atoms with E-state index in [1.807, 2.05) is 24.3 Å². The second-order valence-electron chi connectivity index (χ2n) is 7.93. The second kappa shape index (κ2) is 12.3. The van der Waals surface area contributed by atoms with Crippen LogP contribution in [0.4, 0.5) is 17.1 Å². The van der Waals surface area contributed by atoms with E-state index in [-0.39, 0.29) is 11.7 Å². The number of hydrogen-bond acceptors (Lipinski definition) is 8. The molecule has 9 nitrogen and oxygen atoms in total. The van der Waals surface area contributed by atoms with Crippen LogP contribution in [0.2, 0.25) is 0 Å². The molecule has 9 heteroatoms. The number of rotatable bonds is 5. The number of carbonyl (C=O) groups excluding carboxylic acids is 1. The number of carbonyl (C=O) groups is 1. The number of anilines is 2. The van der Waals surface area contributed by atoms with Crippen molar-refractivity contribution >= 4 is 23.0 Å². The van der Waals surface area contributed by atoms with Crippen molar-refractivity contribution < 1.29 is 14.5 Å². The van der Waals surface area contributed by atoms with Gasteiger partial charge >= 0.3 is 5.97 Å². The first-order valence-electron chi connectivity index (χ1n) is 11.4. The van der Waals surface area contributed by atoms with Gasteiger partial charge in [-0.3, -0.25) is 10.1 Å². The smallest absolute Gasteiger partial charge is 0.338 e. The molecule has 0 bridgehead atoms. The van der Waals surface area contributed by atoms with Gasteiger partial charge in [0.1, 0.15) is 12.1 Å². The number of nitro benzene ring substituents is 1. The van der Waals surface area contributed by atoms with Crippen LogP contribution >= 0.6 is 0 Å². The molecule has 0 aliphatic carbocycles. The Balaban J connectivity index is 0.000000212. The van der Waals surface area contributed by atoms with Gasteiger partial charge in [0.15, 0.2) is 0 Å². The van der Waals surface area contributed by atoms with E-state index in [0.717, 1.165) is 16.7 Å². The summed E-state index contributed by atoms with van der Waals surface area (Å²) in [4.78, 5) is 21.8. The summed E-state index contributed by atoms with van der Waals surface area (Å²) in [5.74, 6) is -0.339. The maximum Gasteiger partial charge on any atom is 0.338 e. The van der Waals surface area contributed by atoms with Crippen LogP contribution in [-0.4, -0.2) is 17.5 Å². The highest BCUT2D eigenvalue weighted by Gasteiger charge is 2.09. The molecular formula is C29H23N5O4. The summed E-state index contributed by atoms with van der Waals surface area (Å²) < 4.78 is 4.93. The number of hydrogen-bond donors (Lipinski definition) is 2. The summed E-state index contributed by atoms with van der Waals surface area (Å²) >= 11 is 0. The first-order chi connectivity index (χ1) is 18.3. The van der Waals surface area contributed by atoms with Crippen molar-refractivity contribution in [3.8, 4) is 34.4 Å². The van der Waals surface area contributed by atoms with E-state index < -0.39 is 4.92 Å². The summed E-state index contributed by atoms with van der Waals surface area (Å²) in [6.07, 6.45) is 0. The molecule has 0 aliphatic rings. The average molecular weight is 506 g/mol. The topological polar surface area (TPSA) is 169 Å². The molecule has 0 atom stereocenters. The summed E-state index contributed by atoms with van der Waals surface area (Å²) in [7, 11) is 0. The molecule has 0 heterocycles. The van der Waals surface area contributed by atoms with E-state index >= 15 is 0 Å². The molecule has 188 valence electrons. The van der Waals surface area contributed by atoms with Crippen molar-refractivity contribution in [1.82, 2.24) is 0 Å². The molecule has 0 aliphatic heterocycles. The van der Waals surface area contributed by atoms with Crippen LogP contribution in [0.3, 0.4) is 0 Å². The summed E-state index contributed by atoms with van der Waals surface area (Å²) in [6.45, 7) is 2.12. The molecule has 4 aromatic rings. The van der Waals surface area contributed by atoms with Crippen LogP contribution in [0.15, 0.2) is 84.9 Å². The molecule has 4 aromatic carbocycles. The highest BCUT2D eigenvalue weighted by Crippen LogP contribution is 2.27. The minimum atomic E-state index is -0.452. The van der Waals surface area contributed by atoms with Crippen LogP contribution in [0.25, 0.3) is 22.3 Å². The Bertz CT molecular complexity index is 1570. The Morgan fingerprint density at radius 1 is 0.816 bits per heavy atom. The van der Waals surface area contributed by atoms with E-state index in [0.29, 0.717) is 40.2 Å². The Hall–Kier alpha value is -5.67. The molecule has 4 rings (SSSR count). The van der Waals surface area contributed by atoms with Gasteiger partial charge in [-0.05, 0) is 65.6 Å². The number of esters is 1. The molecule has 0 saturated carbocycles. The second-order valence-corrected chi connectivity index (χ2v) is 7.93. The summed E-state index contributed by atoms with van der Waals surface area (Å²) in [6, 6.07) is 27.6. The fourth-order valence-electron chi connectivity index (χ4n) is 3.48. The molecule has 38 heavy (non-hydrogen) atoms. The first-order valence-corrected chi connectivity index (χ1v) is 11.4. The van der Waals surface area contributed by atoms with Crippen LogP contribution in [0, 0.1) is 32.8 Å². The molecule has 4 N–H and O–H groups in total. The molecule has 0 fully saturated rings. The predicted molar refractivity (Wildman–Crippen MR) is 145 cm³/mol. The van der Waals surface area contributed by atoms with Gasteiger partial charge in [-0.1, -0.05) is 36.4 Å². The monoisotopic (exact) mass is 505 g/mol. The van der Waals surface area contributed by atoms with Gasteiger partial charge in [-0.15, -0.1) is 0 Å². The fourth-order valence-corrected chi connectivity index (χ4v) is 3.48. The maximum absolute atomic E-state index is 11.6. The van der Waals surface area contributed by atoms with E-state index in [9.17, 15) is 14.9 Å². The van der Waals surface area contributed by atoms with E-state index in [1.54, 1.807) is 61.5 Å². The Morgan fingerprint density at radius 2 is 1.32 bits per heavy atom. The van der Waals surface area contributed by atoms with Gasteiger partial charge < -0.3 is 16.2 Å². The minimum absolute atomic E-state index is 0.0165. The number of benzene rings is 4. The van der Waals surface area contributed by atoms with Gasteiger partial charge in [0.05, 0.1) is 28.2 Å². The van der Waals surface area contributed by atoms with Crippen molar-refractivity contribution in [2.24, 2.45) is 0 Å². The van der Waals surface area contributed by atoms with E-state index in [1.165, 1.54) is 12.1 Å². The number of nitro groups is 1. The zero-order valence-electron chi connectivity index (χ0n) is 20.4. The molecule has 0 aromatic heterocycles. The third kappa shape index (κ3) is 6.51. The largest absolute Gasteiger partial charge is 0.462 e. The third-order valence-electron chi connectivity index (χ3n) is 5.47.